The summed E-state index contributed by atoms with van der Waals surface area (Å²) in [6, 6.07) is 11.6. The van der Waals surface area contributed by atoms with E-state index in [1.54, 1.807) is 36.4 Å². The highest BCUT2D eigenvalue weighted by molar-refractivity contribution is 5.97. The fourth-order valence-electron chi connectivity index (χ4n) is 2.29. The molecule has 2 rings (SSSR count). The van der Waals surface area contributed by atoms with Gasteiger partial charge in [-0.15, -0.1) is 0 Å². The van der Waals surface area contributed by atoms with Crippen LogP contribution in [0, 0.1) is 0 Å². The van der Waals surface area contributed by atoms with Crippen molar-refractivity contribution >= 4 is 17.6 Å². The van der Waals surface area contributed by atoms with Gasteiger partial charge in [-0.25, -0.2) is 4.79 Å². The van der Waals surface area contributed by atoms with Crippen molar-refractivity contribution < 1.29 is 28.5 Å². The van der Waals surface area contributed by atoms with Crippen LogP contribution in [0.15, 0.2) is 42.5 Å². The summed E-state index contributed by atoms with van der Waals surface area (Å²) in [5.41, 5.74) is 0.839. The second kappa shape index (κ2) is 9.47. The third kappa shape index (κ3) is 5.37. The lowest BCUT2D eigenvalue weighted by molar-refractivity contribution is -0.123. The summed E-state index contributed by atoms with van der Waals surface area (Å²) in [6.07, 6.45) is -0.975. The van der Waals surface area contributed by atoms with Gasteiger partial charge < -0.3 is 24.3 Å². The maximum atomic E-state index is 12.3. The fraction of sp³-hybridized carbons (Fsp3) is 0.300. The molecule has 7 heteroatoms. The van der Waals surface area contributed by atoms with Gasteiger partial charge in [-0.2, -0.15) is 0 Å². The van der Waals surface area contributed by atoms with Gasteiger partial charge in [0.15, 0.2) is 17.6 Å². The summed E-state index contributed by atoms with van der Waals surface area (Å²) >= 11 is 0. The summed E-state index contributed by atoms with van der Waals surface area (Å²) in [5.74, 6) is 0.537. The van der Waals surface area contributed by atoms with Gasteiger partial charge in [0, 0.05) is 5.69 Å². The average Bonchev–Trinajstić information content (AvgIpc) is 2.68. The molecular formula is C20H23NO6. The van der Waals surface area contributed by atoms with Crippen LogP contribution in [0.25, 0.3) is 0 Å². The molecule has 0 fully saturated rings. The molecule has 0 unspecified atom stereocenters. The van der Waals surface area contributed by atoms with Crippen molar-refractivity contribution in [1.29, 1.82) is 0 Å². The van der Waals surface area contributed by atoms with E-state index < -0.39 is 18.0 Å². The Bertz CT molecular complexity index is 788. The molecule has 0 spiro atoms. The molecular weight excluding hydrogens is 350 g/mol. The van der Waals surface area contributed by atoms with Gasteiger partial charge in [-0.1, -0.05) is 0 Å². The third-order valence-corrected chi connectivity index (χ3v) is 3.71. The van der Waals surface area contributed by atoms with Crippen LogP contribution in [0.2, 0.25) is 0 Å². The first-order valence-electron chi connectivity index (χ1n) is 8.45. The molecule has 0 heterocycles. The fourth-order valence-corrected chi connectivity index (χ4v) is 2.29. The Morgan fingerprint density at radius 1 is 1.00 bits per heavy atom. The highest BCUT2D eigenvalue weighted by Gasteiger charge is 2.20. The van der Waals surface area contributed by atoms with Crippen LogP contribution in [-0.4, -0.2) is 38.8 Å². The van der Waals surface area contributed by atoms with E-state index >= 15 is 0 Å². The van der Waals surface area contributed by atoms with Gasteiger partial charge in [0.2, 0.25) is 0 Å². The van der Waals surface area contributed by atoms with E-state index in [0.717, 1.165) is 0 Å². The van der Waals surface area contributed by atoms with E-state index in [1.807, 2.05) is 6.92 Å². The Kier molecular flexibility index (Phi) is 7.05. The van der Waals surface area contributed by atoms with Gasteiger partial charge in [-0.3, -0.25) is 4.79 Å². The number of ether oxygens (including phenoxy) is 4. The Labute approximate surface area is 158 Å². The predicted octanol–water partition coefficient (Wildman–Crippen LogP) is 3.29. The van der Waals surface area contributed by atoms with Crippen molar-refractivity contribution in [2.24, 2.45) is 0 Å². The highest BCUT2D eigenvalue weighted by Crippen LogP contribution is 2.28. The van der Waals surface area contributed by atoms with Gasteiger partial charge in [0.1, 0.15) is 5.75 Å². The molecule has 0 aliphatic rings. The number of esters is 1. The molecule has 0 aromatic heterocycles. The van der Waals surface area contributed by atoms with Gasteiger partial charge >= 0.3 is 5.97 Å². The van der Waals surface area contributed by atoms with E-state index in [-0.39, 0.29) is 5.56 Å². The summed E-state index contributed by atoms with van der Waals surface area (Å²) in [7, 11) is 2.98. The van der Waals surface area contributed by atoms with Crippen molar-refractivity contribution in [2.45, 2.75) is 20.0 Å². The van der Waals surface area contributed by atoms with Crippen LogP contribution < -0.4 is 19.5 Å². The zero-order chi connectivity index (χ0) is 19.8. The van der Waals surface area contributed by atoms with Crippen LogP contribution in [0.3, 0.4) is 0 Å². The molecule has 2 aromatic carbocycles. The van der Waals surface area contributed by atoms with Crippen LogP contribution in [0.1, 0.15) is 24.2 Å². The minimum atomic E-state index is -0.975. The maximum Gasteiger partial charge on any atom is 0.339 e. The second-order valence-corrected chi connectivity index (χ2v) is 5.56. The monoisotopic (exact) mass is 373 g/mol. The maximum absolute atomic E-state index is 12.3. The quantitative estimate of drug-likeness (QED) is 0.715. The second-order valence-electron chi connectivity index (χ2n) is 5.56. The summed E-state index contributed by atoms with van der Waals surface area (Å²) < 4.78 is 20.9. The molecule has 0 radical (unpaired) electrons. The number of hydrogen-bond donors (Lipinski definition) is 1. The van der Waals surface area contributed by atoms with Gasteiger partial charge in [0.25, 0.3) is 5.91 Å². The number of benzene rings is 2. The molecule has 2 aromatic rings. The van der Waals surface area contributed by atoms with Crippen molar-refractivity contribution in [2.75, 3.05) is 26.1 Å². The molecule has 7 nitrogen and oxygen atoms in total. The molecule has 1 N–H and O–H groups in total. The lowest BCUT2D eigenvalue weighted by Gasteiger charge is -2.15. The zero-order valence-electron chi connectivity index (χ0n) is 15.8. The van der Waals surface area contributed by atoms with Gasteiger partial charge in [-0.05, 0) is 56.3 Å². The number of hydrogen-bond acceptors (Lipinski definition) is 6. The first-order valence-corrected chi connectivity index (χ1v) is 8.45. The molecule has 1 atom stereocenters. The van der Waals surface area contributed by atoms with E-state index in [1.165, 1.54) is 27.2 Å². The summed E-state index contributed by atoms with van der Waals surface area (Å²) in [4.78, 5) is 24.5. The van der Waals surface area contributed by atoms with Gasteiger partial charge in [0.05, 0.1) is 26.4 Å². The van der Waals surface area contributed by atoms with Crippen molar-refractivity contribution in [3.05, 3.63) is 48.0 Å². The van der Waals surface area contributed by atoms with Crippen LogP contribution in [-0.2, 0) is 9.53 Å². The first kappa shape index (κ1) is 20.1. The molecule has 0 aliphatic heterocycles. The lowest BCUT2D eigenvalue weighted by atomic mass is 10.2. The average molecular weight is 373 g/mol. The Hall–Kier alpha value is -3.22. The molecule has 0 bridgehead atoms. The zero-order valence-corrected chi connectivity index (χ0v) is 15.8. The van der Waals surface area contributed by atoms with Crippen LogP contribution in [0.4, 0.5) is 5.69 Å². The van der Waals surface area contributed by atoms with Crippen molar-refractivity contribution in [3.63, 3.8) is 0 Å². The largest absolute Gasteiger partial charge is 0.494 e. The Morgan fingerprint density at radius 3 is 2.26 bits per heavy atom. The SMILES string of the molecule is CCOc1ccc(NC(=O)[C@@H](C)OC(=O)c2ccc(OC)c(OC)c2)cc1. The molecule has 144 valence electrons. The minimum Gasteiger partial charge on any atom is -0.494 e. The Morgan fingerprint density at radius 2 is 1.67 bits per heavy atom. The normalized spacial score (nSPS) is 11.3. The number of anilines is 1. The van der Waals surface area contributed by atoms with Crippen molar-refractivity contribution in [3.8, 4) is 17.2 Å². The molecule has 1 amide bonds. The number of nitrogens with one attached hydrogen (secondary N) is 1. The van der Waals surface area contributed by atoms with E-state index in [4.69, 9.17) is 18.9 Å². The molecule has 27 heavy (non-hydrogen) atoms. The molecule has 0 saturated carbocycles. The van der Waals surface area contributed by atoms with Crippen LogP contribution >= 0.6 is 0 Å². The number of rotatable bonds is 8. The standard InChI is InChI=1S/C20H23NO6/c1-5-26-16-9-7-15(8-10-16)21-19(22)13(2)27-20(23)14-6-11-17(24-3)18(12-14)25-4/h6-13H,5H2,1-4H3,(H,21,22)/t13-/m1/s1. The van der Waals surface area contributed by atoms with E-state index in [0.29, 0.717) is 29.5 Å². The third-order valence-electron chi connectivity index (χ3n) is 3.71. The predicted molar refractivity (Wildman–Crippen MR) is 101 cm³/mol. The minimum absolute atomic E-state index is 0.258. The summed E-state index contributed by atoms with van der Waals surface area (Å²) in [6.45, 7) is 3.96. The number of carbonyl (C=O) groups is 2. The van der Waals surface area contributed by atoms with E-state index in [2.05, 4.69) is 5.32 Å². The number of carbonyl (C=O) groups excluding carboxylic acids is 2. The molecule has 0 saturated heterocycles. The number of methoxy groups -OCH3 is 2. The summed E-state index contributed by atoms with van der Waals surface area (Å²) in [5, 5.41) is 2.69. The van der Waals surface area contributed by atoms with E-state index in [9.17, 15) is 9.59 Å². The van der Waals surface area contributed by atoms with Crippen molar-refractivity contribution in [1.82, 2.24) is 0 Å². The lowest BCUT2D eigenvalue weighted by Crippen LogP contribution is -2.30. The Balaban J connectivity index is 1.98. The first-order chi connectivity index (χ1) is 13.0. The highest BCUT2D eigenvalue weighted by atomic mass is 16.5. The number of amides is 1. The van der Waals surface area contributed by atoms with Crippen LogP contribution in [0.5, 0.6) is 17.2 Å². The topological polar surface area (TPSA) is 83.1 Å². The molecule has 0 aliphatic carbocycles. The smallest absolute Gasteiger partial charge is 0.339 e.